The summed E-state index contributed by atoms with van der Waals surface area (Å²) < 4.78 is 19.1. The smallest absolute Gasteiger partial charge is 0.169 e. The number of hydrogen-bond donors (Lipinski definition) is 0. The van der Waals surface area contributed by atoms with Gasteiger partial charge in [-0.3, -0.25) is 0 Å². The minimum absolute atomic E-state index is 0.124. The van der Waals surface area contributed by atoms with Crippen molar-refractivity contribution < 1.29 is 14.2 Å². The maximum Gasteiger partial charge on any atom is 0.169 e. The second-order valence-corrected chi connectivity index (χ2v) is 13.9. The van der Waals surface area contributed by atoms with Gasteiger partial charge in [0.25, 0.3) is 0 Å². The third-order valence-corrected chi connectivity index (χ3v) is 9.59. The van der Waals surface area contributed by atoms with Gasteiger partial charge in [-0.25, -0.2) is 0 Å². The summed E-state index contributed by atoms with van der Waals surface area (Å²) in [4.78, 5) is 0. The summed E-state index contributed by atoms with van der Waals surface area (Å²) in [5.41, 5.74) is 0. The van der Waals surface area contributed by atoms with E-state index in [1.165, 1.54) is 141 Å². The van der Waals surface area contributed by atoms with E-state index in [-0.39, 0.29) is 24.1 Å². The lowest BCUT2D eigenvalue weighted by Gasteiger charge is -2.30. The van der Waals surface area contributed by atoms with Crippen molar-refractivity contribution >= 4 is 0 Å². The minimum atomic E-state index is -0.363. The van der Waals surface area contributed by atoms with Crippen LogP contribution < -0.4 is 0 Å². The van der Waals surface area contributed by atoms with Gasteiger partial charge in [-0.15, -0.1) is 0 Å². The Kier molecular flexibility index (Phi) is 24.8. The highest BCUT2D eigenvalue weighted by molar-refractivity contribution is 4.94. The summed E-state index contributed by atoms with van der Waals surface area (Å²) >= 11 is 0. The molecule has 45 heavy (non-hydrogen) atoms. The first-order valence-corrected chi connectivity index (χ1v) is 19.8. The van der Waals surface area contributed by atoms with E-state index in [0.717, 1.165) is 25.7 Å². The molecule has 2 heterocycles. The van der Waals surface area contributed by atoms with E-state index in [4.69, 9.17) is 14.2 Å². The van der Waals surface area contributed by atoms with E-state index in [2.05, 4.69) is 69.4 Å². The average Bonchev–Trinajstić information content (AvgIpc) is 3.58. The molecule has 2 aliphatic rings. The molecule has 0 aromatic carbocycles. The molecule has 2 fully saturated rings. The van der Waals surface area contributed by atoms with E-state index < -0.39 is 0 Å². The Labute approximate surface area is 280 Å². The average molecular weight is 627 g/mol. The van der Waals surface area contributed by atoms with Crippen molar-refractivity contribution in [3.63, 3.8) is 0 Å². The van der Waals surface area contributed by atoms with Gasteiger partial charge in [0, 0.05) is 12.8 Å². The van der Waals surface area contributed by atoms with Crippen molar-refractivity contribution in [2.45, 2.75) is 212 Å². The maximum absolute atomic E-state index is 6.66. The van der Waals surface area contributed by atoms with Gasteiger partial charge >= 0.3 is 0 Å². The minimum Gasteiger partial charge on any atom is -0.373 e. The van der Waals surface area contributed by atoms with Crippen molar-refractivity contribution in [2.24, 2.45) is 0 Å². The van der Waals surface area contributed by atoms with Crippen LogP contribution in [-0.2, 0) is 14.2 Å². The van der Waals surface area contributed by atoms with Crippen LogP contribution in [0.4, 0.5) is 0 Å². The van der Waals surface area contributed by atoms with Crippen LogP contribution in [0.2, 0.25) is 0 Å². The maximum atomic E-state index is 6.66. The Bertz CT molecular complexity index is 733. The molecule has 0 radical (unpaired) electrons. The van der Waals surface area contributed by atoms with Crippen LogP contribution in [-0.4, -0.2) is 30.7 Å². The number of allylic oxidation sites excluding steroid dienone is 8. The van der Waals surface area contributed by atoms with Gasteiger partial charge in [-0.1, -0.05) is 140 Å². The van der Waals surface area contributed by atoms with Gasteiger partial charge in [0.15, 0.2) is 5.79 Å². The van der Waals surface area contributed by atoms with E-state index in [9.17, 15) is 0 Å². The number of hydrogen-bond acceptors (Lipinski definition) is 3. The molecule has 0 unspecified atom stereocenters. The van der Waals surface area contributed by atoms with Crippen molar-refractivity contribution in [3.8, 4) is 0 Å². The molecule has 3 heteroatoms. The molecule has 3 nitrogen and oxygen atoms in total. The van der Waals surface area contributed by atoms with Crippen molar-refractivity contribution in [2.75, 3.05) is 6.61 Å². The molecular weight excluding hydrogens is 552 g/mol. The first kappa shape index (κ1) is 40.0. The van der Waals surface area contributed by atoms with Crippen LogP contribution in [0.1, 0.15) is 188 Å². The summed E-state index contributed by atoms with van der Waals surface area (Å²) in [5.74, 6) is -0.363. The molecule has 2 rings (SSSR count). The Morgan fingerprint density at radius 3 is 1.31 bits per heavy atom. The molecule has 0 aliphatic carbocycles. The fraction of sp³-hybridized carbons (Fsp3) is 0.810. The van der Waals surface area contributed by atoms with Crippen molar-refractivity contribution in [1.29, 1.82) is 0 Å². The summed E-state index contributed by atoms with van der Waals surface area (Å²) in [7, 11) is 0. The zero-order valence-corrected chi connectivity index (χ0v) is 30.2. The van der Waals surface area contributed by atoms with Gasteiger partial charge in [0.1, 0.15) is 12.2 Å². The Hall–Kier alpha value is -1.16. The van der Waals surface area contributed by atoms with Gasteiger partial charge in [-0.2, -0.15) is 0 Å². The van der Waals surface area contributed by atoms with E-state index in [1.807, 2.05) is 0 Å². The molecule has 2 aliphatic heterocycles. The molecule has 0 amide bonds. The van der Waals surface area contributed by atoms with Crippen molar-refractivity contribution in [3.05, 3.63) is 48.6 Å². The van der Waals surface area contributed by atoms with Crippen LogP contribution >= 0.6 is 0 Å². The van der Waals surface area contributed by atoms with Crippen LogP contribution in [0, 0.1) is 0 Å². The Morgan fingerprint density at radius 1 is 0.489 bits per heavy atom. The third-order valence-electron chi connectivity index (χ3n) is 9.59. The molecule has 260 valence electrons. The van der Waals surface area contributed by atoms with Gasteiger partial charge in [-0.05, 0) is 84.0 Å². The van der Waals surface area contributed by atoms with E-state index in [0.29, 0.717) is 6.61 Å². The van der Waals surface area contributed by atoms with Crippen LogP contribution in [0.3, 0.4) is 0 Å². The molecule has 0 saturated carbocycles. The molecule has 0 spiro atoms. The monoisotopic (exact) mass is 627 g/mol. The highest BCUT2D eigenvalue weighted by atomic mass is 16.8. The third kappa shape index (κ3) is 20.0. The predicted octanol–water partition coefficient (Wildman–Crippen LogP) is 13.3. The topological polar surface area (TPSA) is 27.7 Å². The molecule has 0 aromatic rings. The Morgan fingerprint density at radius 2 is 0.889 bits per heavy atom. The molecule has 2 saturated heterocycles. The lowest BCUT2D eigenvalue weighted by molar-refractivity contribution is -0.207. The first-order valence-electron chi connectivity index (χ1n) is 19.8. The van der Waals surface area contributed by atoms with Crippen molar-refractivity contribution in [1.82, 2.24) is 0 Å². The van der Waals surface area contributed by atoms with Crippen LogP contribution in [0.15, 0.2) is 48.6 Å². The SMILES string of the molecule is CCCCC/C=C\C/C=C\CCCCCCCCC1(CCCCCCCC/C=C\C/C=C\CCCCC)O[C@H]2[C@H](C)OC[C@H]2O1. The van der Waals surface area contributed by atoms with E-state index >= 15 is 0 Å². The second-order valence-electron chi connectivity index (χ2n) is 13.9. The number of fused-ring (bicyclic) bond motifs is 1. The van der Waals surface area contributed by atoms with E-state index in [1.54, 1.807) is 0 Å². The Balaban J connectivity index is 1.50. The molecule has 3 atom stereocenters. The van der Waals surface area contributed by atoms with Crippen LogP contribution in [0.5, 0.6) is 0 Å². The summed E-state index contributed by atoms with van der Waals surface area (Å²) in [6, 6.07) is 0. The zero-order chi connectivity index (χ0) is 32.1. The van der Waals surface area contributed by atoms with Gasteiger partial charge in [0.2, 0.25) is 0 Å². The van der Waals surface area contributed by atoms with Gasteiger partial charge in [0.05, 0.1) is 12.7 Å². The predicted molar refractivity (Wildman–Crippen MR) is 196 cm³/mol. The number of rotatable bonds is 30. The molecule has 0 bridgehead atoms. The van der Waals surface area contributed by atoms with Gasteiger partial charge < -0.3 is 14.2 Å². The number of unbranched alkanes of at least 4 members (excludes halogenated alkanes) is 18. The summed E-state index contributed by atoms with van der Waals surface area (Å²) in [6.45, 7) is 7.37. The highest BCUT2D eigenvalue weighted by Gasteiger charge is 2.52. The fourth-order valence-corrected chi connectivity index (χ4v) is 6.69. The lowest BCUT2D eigenvalue weighted by Crippen LogP contribution is -2.33. The summed E-state index contributed by atoms with van der Waals surface area (Å²) in [5, 5.41) is 0. The lowest BCUT2D eigenvalue weighted by atomic mass is 9.98. The fourth-order valence-electron chi connectivity index (χ4n) is 6.69. The largest absolute Gasteiger partial charge is 0.373 e. The number of ether oxygens (including phenoxy) is 3. The quantitative estimate of drug-likeness (QED) is 0.0586. The second kappa shape index (κ2) is 27.9. The summed E-state index contributed by atoms with van der Waals surface area (Å²) in [6.07, 6.45) is 52.1. The molecule has 0 aromatic heterocycles. The molecular formula is C42H74O3. The molecule has 0 N–H and O–H groups in total. The zero-order valence-electron chi connectivity index (χ0n) is 30.2. The first-order chi connectivity index (χ1) is 22.2. The standard InChI is InChI=1S/C42H74O3/c1-4-6-8-10-12-14-16-18-20-22-24-26-28-30-32-34-36-42(44-40-38-43-39(3)41(40)45-42)37-35-33-31-29-27-25-23-21-19-17-15-13-11-9-7-5-2/h12-15,18-21,39-41H,4-11,16-17,22-38H2,1-3H3/b14-12-,15-13-,20-18-,21-19-/t39-,40+,41-/m0/s1. The highest BCUT2D eigenvalue weighted by Crippen LogP contribution is 2.41. The normalized spacial score (nSPS) is 21.4. The van der Waals surface area contributed by atoms with Crippen LogP contribution in [0.25, 0.3) is 0 Å².